The molecule has 0 radical (unpaired) electrons. The highest BCUT2D eigenvalue weighted by Crippen LogP contribution is 2.29. The van der Waals surface area contributed by atoms with Crippen molar-refractivity contribution in [1.29, 1.82) is 0 Å². The Hall–Kier alpha value is -5.36. The molecule has 5 aromatic carbocycles. The molecule has 7 rings (SSSR count). The molecular formula is C34H25N5O. The van der Waals surface area contributed by atoms with E-state index in [-0.39, 0.29) is 5.69 Å². The fourth-order valence-electron chi connectivity index (χ4n) is 5.18. The van der Waals surface area contributed by atoms with E-state index in [4.69, 9.17) is 15.0 Å². The number of aromatic nitrogens is 5. The summed E-state index contributed by atoms with van der Waals surface area (Å²) in [5.41, 5.74) is 6.65. The maximum atomic E-state index is 12.4. The Morgan fingerprint density at radius 1 is 0.450 bits per heavy atom. The summed E-state index contributed by atoms with van der Waals surface area (Å²) in [6.07, 6.45) is 0. The van der Waals surface area contributed by atoms with Crippen LogP contribution in [0.2, 0.25) is 0 Å². The van der Waals surface area contributed by atoms with Crippen LogP contribution in [0.3, 0.4) is 0 Å². The number of hydrogen-bond acceptors (Lipinski definition) is 4. The fraction of sp³-hybridized carbons (Fsp3) is 0.0588. The molecular weight excluding hydrogens is 494 g/mol. The number of benzene rings is 5. The van der Waals surface area contributed by atoms with Gasteiger partial charge >= 0.3 is 5.69 Å². The van der Waals surface area contributed by atoms with Crippen LogP contribution in [0.5, 0.6) is 0 Å². The molecule has 7 aromatic rings. The van der Waals surface area contributed by atoms with Crippen LogP contribution in [0.15, 0.2) is 120 Å². The summed E-state index contributed by atoms with van der Waals surface area (Å²) in [6, 6.07) is 38.9. The van der Waals surface area contributed by atoms with Crippen molar-refractivity contribution in [3.63, 3.8) is 0 Å². The summed E-state index contributed by atoms with van der Waals surface area (Å²) < 4.78 is 3.35. The third-order valence-electron chi connectivity index (χ3n) is 7.42. The molecule has 0 aliphatic rings. The van der Waals surface area contributed by atoms with E-state index in [0.29, 0.717) is 17.5 Å². The van der Waals surface area contributed by atoms with Crippen molar-refractivity contribution in [2.75, 3.05) is 0 Å². The molecule has 40 heavy (non-hydrogen) atoms. The number of fused-ring (bicyclic) bond motifs is 2. The third-order valence-corrected chi connectivity index (χ3v) is 7.42. The zero-order valence-electron chi connectivity index (χ0n) is 22.1. The first-order valence-electron chi connectivity index (χ1n) is 13.1. The van der Waals surface area contributed by atoms with E-state index in [1.54, 1.807) is 23.2 Å². The van der Waals surface area contributed by atoms with Crippen LogP contribution in [0.4, 0.5) is 0 Å². The van der Waals surface area contributed by atoms with Gasteiger partial charge in [0.1, 0.15) is 0 Å². The van der Waals surface area contributed by atoms with Crippen LogP contribution in [-0.4, -0.2) is 24.1 Å². The van der Waals surface area contributed by atoms with Crippen molar-refractivity contribution < 1.29 is 0 Å². The van der Waals surface area contributed by atoms with Gasteiger partial charge in [0.05, 0.1) is 11.0 Å². The van der Waals surface area contributed by atoms with E-state index in [1.807, 2.05) is 66.7 Å². The van der Waals surface area contributed by atoms with Crippen molar-refractivity contribution in [3.8, 4) is 45.3 Å². The lowest BCUT2D eigenvalue weighted by Crippen LogP contribution is -2.19. The van der Waals surface area contributed by atoms with Crippen LogP contribution in [0.25, 0.3) is 67.1 Å². The zero-order valence-corrected chi connectivity index (χ0v) is 22.1. The molecule has 0 aliphatic carbocycles. The minimum Gasteiger partial charge on any atom is -0.295 e. The molecule has 0 unspecified atom stereocenters. The summed E-state index contributed by atoms with van der Waals surface area (Å²) in [6.45, 7) is 0. The molecule has 0 bridgehead atoms. The average Bonchev–Trinajstić information content (AvgIpc) is 3.24. The van der Waals surface area contributed by atoms with Crippen molar-refractivity contribution in [3.05, 3.63) is 126 Å². The van der Waals surface area contributed by atoms with Crippen molar-refractivity contribution in [1.82, 2.24) is 24.1 Å². The first kappa shape index (κ1) is 23.7. The standard InChI is InChI=1S/C34H25N5O/c1-38-29-19-18-27(21-30(29)39(2)34(38)40)23-12-15-25(16-13-23)32-35-31(24-9-4-3-5-10-24)36-33(37-32)28-17-14-22-8-6-7-11-26(22)20-28/h3-21H,1-2H3. The molecule has 0 amide bonds. The second kappa shape index (κ2) is 9.43. The van der Waals surface area contributed by atoms with Crippen LogP contribution < -0.4 is 5.69 Å². The second-order valence-electron chi connectivity index (χ2n) is 9.92. The first-order valence-corrected chi connectivity index (χ1v) is 13.1. The predicted octanol–water partition coefficient (Wildman–Crippen LogP) is 6.88. The van der Waals surface area contributed by atoms with Gasteiger partial charge in [-0.1, -0.05) is 97.1 Å². The van der Waals surface area contributed by atoms with Gasteiger partial charge in [-0.25, -0.2) is 19.7 Å². The number of rotatable bonds is 4. The number of aryl methyl sites for hydroxylation is 2. The molecule has 2 aromatic heterocycles. The normalized spacial score (nSPS) is 11.3. The minimum atomic E-state index is -0.0335. The molecule has 2 heterocycles. The molecule has 0 saturated heterocycles. The monoisotopic (exact) mass is 519 g/mol. The fourth-order valence-corrected chi connectivity index (χ4v) is 5.18. The van der Waals surface area contributed by atoms with Gasteiger partial charge in [0.2, 0.25) is 0 Å². The minimum absolute atomic E-state index is 0.0335. The van der Waals surface area contributed by atoms with Gasteiger partial charge < -0.3 is 0 Å². The maximum absolute atomic E-state index is 12.4. The SMILES string of the molecule is Cn1c(=O)n(C)c2cc(-c3ccc(-c4nc(-c5ccccc5)nc(-c5ccc6ccccc6c5)n4)cc3)ccc21. The molecule has 192 valence electrons. The third kappa shape index (κ3) is 4.07. The number of nitrogens with zero attached hydrogens (tertiary/aromatic N) is 5. The van der Waals surface area contributed by atoms with Crippen LogP contribution in [-0.2, 0) is 14.1 Å². The summed E-state index contributed by atoms with van der Waals surface area (Å²) in [4.78, 5) is 27.0. The van der Waals surface area contributed by atoms with E-state index in [1.165, 1.54) is 5.39 Å². The van der Waals surface area contributed by atoms with Crippen LogP contribution in [0.1, 0.15) is 0 Å². The number of imidazole rings is 1. The average molecular weight is 520 g/mol. The van der Waals surface area contributed by atoms with E-state index in [0.717, 1.165) is 44.2 Å². The van der Waals surface area contributed by atoms with Gasteiger partial charge in [-0.2, -0.15) is 0 Å². The topological polar surface area (TPSA) is 65.6 Å². The van der Waals surface area contributed by atoms with Crippen molar-refractivity contribution >= 4 is 21.8 Å². The highest BCUT2D eigenvalue weighted by molar-refractivity contribution is 5.87. The summed E-state index contributed by atoms with van der Waals surface area (Å²) in [5.74, 6) is 1.88. The Balaban J connectivity index is 1.32. The van der Waals surface area contributed by atoms with Crippen molar-refractivity contribution in [2.24, 2.45) is 14.1 Å². The summed E-state index contributed by atoms with van der Waals surface area (Å²) in [5, 5.41) is 2.31. The lowest BCUT2D eigenvalue weighted by molar-refractivity contribution is 0.795. The Bertz CT molecular complexity index is 2090. The molecule has 0 spiro atoms. The molecule has 6 heteroatoms. The Labute approximate surface area is 230 Å². The Kier molecular flexibility index (Phi) is 5.60. The van der Waals surface area contributed by atoms with E-state index < -0.39 is 0 Å². The first-order chi connectivity index (χ1) is 19.5. The maximum Gasteiger partial charge on any atom is 0.328 e. The number of hydrogen-bond donors (Lipinski definition) is 0. The molecule has 6 nitrogen and oxygen atoms in total. The smallest absolute Gasteiger partial charge is 0.295 e. The Morgan fingerprint density at radius 2 is 0.975 bits per heavy atom. The van der Waals surface area contributed by atoms with Crippen LogP contribution in [0, 0.1) is 0 Å². The molecule has 0 N–H and O–H groups in total. The van der Waals surface area contributed by atoms with Gasteiger partial charge in [0.25, 0.3) is 0 Å². The van der Waals surface area contributed by atoms with E-state index >= 15 is 0 Å². The molecule has 0 aliphatic heterocycles. The molecule has 0 atom stereocenters. The highest BCUT2D eigenvalue weighted by atomic mass is 16.1. The second-order valence-corrected chi connectivity index (χ2v) is 9.92. The van der Waals surface area contributed by atoms with Crippen LogP contribution >= 0.6 is 0 Å². The lowest BCUT2D eigenvalue weighted by atomic mass is 10.0. The molecule has 0 fully saturated rings. The summed E-state index contributed by atoms with van der Waals surface area (Å²) >= 11 is 0. The largest absolute Gasteiger partial charge is 0.328 e. The van der Waals surface area contributed by atoms with E-state index in [2.05, 4.69) is 48.5 Å². The van der Waals surface area contributed by atoms with E-state index in [9.17, 15) is 4.79 Å². The Morgan fingerprint density at radius 3 is 1.70 bits per heavy atom. The molecule has 0 saturated carbocycles. The van der Waals surface area contributed by atoms with Gasteiger partial charge in [-0.3, -0.25) is 9.13 Å². The van der Waals surface area contributed by atoms with Gasteiger partial charge in [0.15, 0.2) is 17.5 Å². The zero-order chi connectivity index (χ0) is 27.2. The lowest BCUT2D eigenvalue weighted by Gasteiger charge is -2.10. The quantitative estimate of drug-likeness (QED) is 0.254. The van der Waals surface area contributed by atoms with Gasteiger partial charge in [-0.15, -0.1) is 0 Å². The highest BCUT2D eigenvalue weighted by Gasteiger charge is 2.14. The van der Waals surface area contributed by atoms with Gasteiger partial charge in [0, 0.05) is 30.8 Å². The van der Waals surface area contributed by atoms with Crippen molar-refractivity contribution in [2.45, 2.75) is 0 Å². The summed E-state index contributed by atoms with van der Waals surface area (Å²) in [7, 11) is 3.60. The van der Waals surface area contributed by atoms with Gasteiger partial charge in [-0.05, 0) is 40.1 Å². The predicted molar refractivity (Wildman–Crippen MR) is 161 cm³/mol.